The van der Waals surface area contributed by atoms with Gasteiger partial charge >= 0.3 is 0 Å². The lowest BCUT2D eigenvalue weighted by Crippen LogP contribution is -2.54. The van der Waals surface area contributed by atoms with Crippen molar-refractivity contribution in [2.75, 3.05) is 5.75 Å². The number of hydrogen-bond acceptors (Lipinski definition) is 2. The molecule has 1 aliphatic heterocycles. The average Bonchev–Trinajstić information content (AvgIpc) is 3.70. The Kier molecular flexibility index (Phi) is 12.3. The molecule has 1 aliphatic carbocycles. The number of likely N-dealkylation sites (tertiary alicyclic amines) is 1. The van der Waals surface area contributed by atoms with Crippen LogP contribution in [0.3, 0.4) is 0 Å². The monoisotopic (exact) mass is 541 g/mol. The van der Waals surface area contributed by atoms with Crippen molar-refractivity contribution in [3.05, 3.63) is 83.4 Å². The van der Waals surface area contributed by atoms with Crippen LogP contribution in [-0.2, 0) is 4.79 Å². The number of aryl methyl sites for hydroxylation is 1. The number of rotatable bonds is 7. The Hall–Kier alpha value is -1.71. The molecule has 2 unspecified atom stereocenters. The molecule has 1 amide bonds. The second-order valence-corrected chi connectivity index (χ2v) is 13.6. The molecule has 2 aromatic rings. The molecule has 0 aromatic heterocycles. The number of carbonyl (C=O) groups excluding carboxylic acids is 1. The lowest BCUT2D eigenvalue weighted by Gasteiger charge is -2.48. The van der Waals surface area contributed by atoms with E-state index in [1.165, 1.54) is 24.0 Å². The van der Waals surface area contributed by atoms with Gasteiger partial charge in [-0.25, -0.2) is 0 Å². The predicted octanol–water partition coefficient (Wildman–Crippen LogP) is 9.92. The molecule has 0 bridgehead atoms. The minimum Gasteiger partial charge on any atom is -0.331 e. The van der Waals surface area contributed by atoms with Crippen LogP contribution in [0.25, 0.3) is 0 Å². The SMILES string of the molecule is C=CC[C@@]1(C)CCC(c2ccc(Cl)cc2)N(C(CSC(C)(C)C)C2CC2)C1=O.CC.Cc1ccccc1. The van der Waals surface area contributed by atoms with Crippen molar-refractivity contribution in [2.45, 2.75) is 97.4 Å². The number of allylic oxidation sites excluding steroid dienone is 1. The van der Waals surface area contributed by atoms with Crippen LogP contribution >= 0.6 is 23.4 Å². The van der Waals surface area contributed by atoms with Crippen molar-refractivity contribution < 1.29 is 4.79 Å². The van der Waals surface area contributed by atoms with Gasteiger partial charge in [-0.05, 0) is 62.6 Å². The van der Waals surface area contributed by atoms with E-state index < -0.39 is 0 Å². The molecule has 4 heteroatoms. The lowest BCUT2D eigenvalue weighted by molar-refractivity contribution is -0.152. The number of carbonyl (C=O) groups is 1. The largest absolute Gasteiger partial charge is 0.331 e. The van der Waals surface area contributed by atoms with Crippen LogP contribution in [-0.4, -0.2) is 27.3 Å². The zero-order valence-corrected chi connectivity index (χ0v) is 25.7. The van der Waals surface area contributed by atoms with E-state index in [-0.39, 0.29) is 16.2 Å². The Morgan fingerprint density at radius 1 is 1.08 bits per heavy atom. The number of hydrogen-bond donors (Lipinski definition) is 0. The topological polar surface area (TPSA) is 20.3 Å². The first-order valence-electron chi connectivity index (χ1n) is 13.9. The molecule has 3 atom stereocenters. The van der Waals surface area contributed by atoms with Gasteiger partial charge < -0.3 is 4.90 Å². The summed E-state index contributed by atoms with van der Waals surface area (Å²) in [6.07, 6.45) is 7.05. The maximum atomic E-state index is 13.8. The maximum absolute atomic E-state index is 13.8. The Balaban J connectivity index is 0.000000455. The number of piperidine rings is 1. The third kappa shape index (κ3) is 9.52. The van der Waals surface area contributed by atoms with E-state index in [0.29, 0.717) is 17.9 Å². The molecule has 2 fully saturated rings. The number of benzene rings is 2. The fourth-order valence-corrected chi connectivity index (χ4v) is 6.08. The molecule has 0 radical (unpaired) electrons. The Labute approximate surface area is 236 Å². The highest BCUT2D eigenvalue weighted by molar-refractivity contribution is 8.00. The first kappa shape index (κ1) is 31.5. The zero-order valence-electron chi connectivity index (χ0n) is 24.1. The number of amides is 1. The molecule has 1 heterocycles. The van der Waals surface area contributed by atoms with Gasteiger partial charge in [0, 0.05) is 21.6 Å². The maximum Gasteiger partial charge on any atom is 0.229 e. The Morgan fingerprint density at radius 3 is 2.14 bits per heavy atom. The number of nitrogens with zero attached hydrogens (tertiary/aromatic N) is 1. The summed E-state index contributed by atoms with van der Waals surface area (Å²) in [4.78, 5) is 16.1. The summed E-state index contributed by atoms with van der Waals surface area (Å²) in [5, 5.41) is 0.746. The highest BCUT2D eigenvalue weighted by atomic mass is 35.5. The number of thioether (sulfide) groups is 1. The van der Waals surface area contributed by atoms with Crippen LogP contribution in [0, 0.1) is 18.3 Å². The summed E-state index contributed by atoms with van der Waals surface area (Å²) >= 11 is 8.11. The van der Waals surface area contributed by atoms with Gasteiger partial charge in [0.1, 0.15) is 0 Å². The van der Waals surface area contributed by atoms with E-state index in [1.54, 1.807) is 0 Å². The molecular weight excluding hydrogens is 494 g/mol. The van der Waals surface area contributed by atoms with E-state index in [1.807, 2.05) is 62.0 Å². The van der Waals surface area contributed by atoms with E-state index in [4.69, 9.17) is 11.6 Å². The van der Waals surface area contributed by atoms with Crippen molar-refractivity contribution in [1.29, 1.82) is 0 Å². The van der Waals surface area contributed by atoms with Gasteiger partial charge in [0.05, 0.1) is 11.5 Å². The Morgan fingerprint density at radius 2 is 1.68 bits per heavy atom. The third-order valence-corrected chi connectivity index (χ3v) is 8.68. The minimum atomic E-state index is -0.329. The molecule has 1 saturated carbocycles. The van der Waals surface area contributed by atoms with Crippen molar-refractivity contribution in [3.63, 3.8) is 0 Å². The molecule has 4 rings (SSSR count). The quantitative estimate of drug-likeness (QED) is 0.325. The third-order valence-electron chi connectivity index (χ3n) is 7.06. The summed E-state index contributed by atoms with van der Waals surface area (Å²) < 4.78 is 0.201. The molecule has 2 aromatic carbocycles. The van der Waals surface area contributed by atoms with Crippen LogP contribution in [0.4, 0.5) is 0 Å². The van der Waals surface area contributed by atoms with Gasteiger partial charge in [-0.1, -0.05) is 107 Å². The van der Waals surface area contributed by atoms with Gasteiger partial charge in [-0.3, -0.25) is 4.79 Å². The zero-order chi connectivity index (χ0) is 27.6. The van der Waals surface area contributed by atoms with E-state index in [0.717, 1.165) is 30.0 Å². The van der Waals surface area contributed by atoms with Gasteiger partial charge in [0.25, 0.3) is 0 Å². The van der Waals surface area contributed by atoms with Gasteiger partial charge in [0.15, 0.2) is 0 Å². The predicted molar refractivity (Wildman–Crippen MR) is 164 cm³/mol. The normalized spacial score (nSPS) is 22.2. The first-order valence-corrected chi connectivity index (χ1v) is 15.3. The fourth-order valence-electron chi connectivity index (χ4n) is 4.85. The average molecular weight is 542 g/mol. The molecule has 1 saturated heterocycles. The van der Waals surface area contributed by atoms with Crippen LogP contribution in [0.15, 0.2) is 67.3 Å². The minimum absolute atomic E-state index is 0.147. The van der Waals surface area contributed by atoms with Crippen LogP contribution in [0.2, 0.25) is 5.02 Å². The molecular formula is C33H48ClNOS. The molecule has 0 spiro atoms. The van der Waals surface area contributed by atoms with Gasteiger partial charge in [-0.2, -0.15) is 11.8 Å². The summed E-state index contributed by atoms with van der Waals surface area (Å²) in [5.74, 6) is 1.96. The molecule has 2 aliphatic rings. The van der Waals surface area contributed by atoms with Gasteiger partial charge in [0.2, 0.25) is 5.91 Å². The highest BCUT2D eigenvalue weighted by Crippen LogP contribution is 2.49. The van der Waals surface area contributed by atoms with Crippen molar-refractivity contribution >= 4 is 29.3 Å². The summed E-state index contributed by atoms with van der Waals surface area (Å²) in [6.45, 7) is 18.9. The van der Waals surface area contributed by atoms with Gasteiger partial charge in [-0.15, -0.1) is 6.58 Å². The fraction of sp³-hybridized carbons (Fsp3) is 0.545. The molecule has 0 N–H and O–H groups in total. The van der Waals surface area contributed by atoms with E-state index in [2.05, 4.69) is 70.4 Å². The lowest BCUT2D eigenvalue weighted by atomic mass is 9.74. The Bertz CT molecular complexity index is 964. The van der Waals surface area contributed by atoms with Crippen molar-refractivity contribution in [1.82, 2.24) is 4.90 Å². The highest BCUT2D eigenvalue weighted by Gasteiger charge is 2.49. The number of halogens is 1. The van der Waals surface area contributed by atoms with E-state index in [9.17, 15) is 4.79 Å². The second-order valence-electron chi connectivity index (χ2n) is 11.4. The smallest absolute Gasteiger partial charge is 0.229 e. The van der Waals surface area contributed by atoms with Crippen LogP contribution < -0.4 is 0 Å². The standard InChI is InChI=1S/C24H34ClNOS.C7H8.C2H6/c1-6-14-24(5)15-13-20(17-9-11-19(25)12-10-17)26(22(24)27)21(18-7-8-18)16-28-23(2,3)4;1-7-5-3-2-4-6-7;1-2/h6,9-12,18,20-21H,1,7-8,13-16H2,2-5H3;2-6H,1H3;1-2H3/t20?,21?,24-;;/m0../s1. The van der Waals surface area contributed by atoms with Crippen molar-refractivity contribution in [2.24, 2.45) is 11.3 Å². The molecule has 204 valence electrons. The van der Waals surface area contributed by atoms with Crippen molar-refractivity contribution in [3.8, 4) is 0 Å². The summed E-state index contributed by atoms with van der Waals surface area (Å²) in [5.41, 5.74) is 2.21. The summed E-state index contributed by atoms with van der Waals surface area (Å²) in [7, 11) is 0. The molecule has 37 heavy (non-hydrogen) atoms. The van der Waals surface area contributed by atoms with Crippen LogP contribution in [0.5, 0.6) is 0 Å². The molecule has 2 nitrogen and oxygen atoms in total. The second kappa shape index (κ2) is 14.4. The van der Waals surface area contributed by atoms with E-state index >= 15 is 0 Å². The summed E-state index contributed by atoms with van der Waals surface area (Å²) in [6, 6.07) is 18.8. The first-order chi connectivity index (χ1) is 17.5. The van der Waals surface area contributed by atoms with Crippen LogP contribution in [0.1, 0.15) is 90.8 Å².